The number of nitrogens with zero attached hydrogens (tertiary/aromatic N) is 3. The number of piperidine rings is 1. The van der Waals surface area contributed by atoms with Crippen molar-refractivity contribution >= 4 is 17.5 Å². The van der Waals surface area contributed by atoms with E-state index < -0.39 is 0 Å². The Kier molecular flexibility index (Phi) is 8.08. The molecule has 186 valence electrons. The fourth-order valence-corrected chi connectivity index (χ4v) is 4.66. The summed E-state index contributed by atoms with van der Waals surface area (Å²) in [6.07, 6.45) is 13.1. The minimum atomic E-state index is -0.197. The maximum atomic E-state index is 13.5. The lowest BCUT2D eigenvalue weighted by Crippen LogP contribution is -2.36. The smallest absolute Gasteiger partial charge is 0.275 e. The zero-order chi connectivity index (χ0) is 24.8. The van der Waals surface area contributed by atoms with Crippen molar-refractivity contribution < 1.29 is 9.53 Å². The molecule has 0 unspecified atom stereocenters. The Morgan fingerprint density at radius 2 is 1.94 bits per heavy atom. The van der Waals surface area contributed by atoms with E-state index in [4.69, 9.17) is 4.74 Å². The molecule has 1 fully saturated rings. The molecule has 1 N–H and O–H groups in total. The van der Waals surface area contributed by atoms with Crippen LogP contribution in [0.4, 0.5) is 0 Å². The summed E-state index contributed by atoms with van der Waals surface area (Å²) in [5.74, 6) is 0.498. The van der Waals surface area contributed by atoms with Crippen LogP contribution in [0.25, 0.3) is 22.9 Å². The Labute approximate surface area is 207 Å². The van der Waals surface area contributed by atoms with Crippen LogP contribution in [-0.4, -0.2) is 52.6 Å². The van der Waals surface area contributed by atoms with E-state index in [-0.39, 0.29) is 24.1 Å². The first-order chi connectivity index (χ1) is 16.9. The van der Waals surface area contributed by atoms with Crippen molar-refractivity contribution in [1.82, 2.24) is 19.2 Å². The molecular formula is C28H36N4O3. The van der Waals surface area contributed by atoms with Gasteiger partial charge in [-0.1, -0.05) is 30.7 Å². The predicted molar refractivity (Wildman–Crippen MR) is 141 cm³/mol. The first-order valence-electron chi connectivity index (χ1n) is 12.5. The van der Waals surface area contributed by atoms with E-state index in [0.29, 0.717) is 17.0 Å². The van der Waals surface area contributed by atoms with Crippen LogP contribution >= 0.6 is 0 Å². The molecule has 1 aromatic carbocycles. The number of fused-ring (bicyclic) bond motifs is 1. The van der Waals surface area contributed by atoms with Crippen LogP contribution in [0.2, 0.25) is 0 Å². The summed E-state index contributed by atoms with van der Waals surface area (Å²) in [6.45, 7) is 7.23. The van der Waals surface area contributed by atoms with Crippen molar-refractivity contribution in [3.63, 3.8) is 0 Å². The van der Waals surface area contributed by atoms with Crippen molar-refractivity contribution in [3.8, 4) is 17.0 Å². The molecule has 0 spiro atoms. The zero-order valence-electron chi connectivity index (χ0n) is 21.0. The van der Waals surface area contributed by atoms with Crippen LogP contribution in [-0.2, 0) is 11.3 Å². The van der Waals surface area contributed by atoms with Gasteiger partial charge in [-0.2, -0.15) is 0 Å². The Bertz CT molecular complexity index is 1250. The molecule has 3 aromatic rings. The van der Waals surface area contributed by atoms with E-state index >= 15 is 0 Å². The van der Waals surface area contributed by atoms with Gasteiger partial charge in [0.15, 0.2) is 0 Å². The molecule has 0 radical (unpaired) electrons. The summed E-state index contributed by atoms with van der Waals surface area (Å²) in [5.41, 5.74) is 2.80. The van der Waals surface area contributed by atoms with Crippen LogP contribution in [0.5, 0.6) is 5.75 Å². The number of likely N-dealkylation sites (tertiary alicyclic amines) is 1. The van der Waals surface area contributed by atoms with E-state index in [0.717, 1.165) is 24.1 Å². The number of methoxy groups -OCH3 is 1. The van der Waals surface area contributed by atoms with Crippen LogP contribution in [0, 0.1) is 0 Å². The molecule has 0 atom stereocenters. The number of nitrogens with one attached hydrogen (secondary N) is 1. The molecular weight excluding hydrogens is 440 g/mol. The van der Waals surface area contributed by atoms with E-state index in [9.17, 15) is 9.59 Å². The Morgan fingerprint density at radius 3 is 2.69 bits per heavy atom. The second-order valence-corrected chi connectivity index (χ2v) is 9.52. The highest BCUT2D eigenvalue weighted by atomic mass is 16.5. The molecule has 1 aliphatic heterocycles. The molecule has 4 rings (SSSR count). The summed E-state index contributed by atoms with van der Waals surface area (Å²) < 4.78 is 8.79. The average molecular weight is 477 g/mol. The zero-order valence-corrected chi connectivity index (χ0v) is 21.0. The van der Waals surface area contributed by atoms with Gasteiger partial charge < -0.3 is 19.4 Å². The van der Waals surface area contributed by atoms with Gasteiger partial charge in [0.1, 0.15) is 17.8 Å². The highest BCUT2D eigenvalue weighted by Gasteiger charge is 2.16. The predicted octanol–water partition coefficient (Wildman–Crippen LogP) is 4.19. The molecule has 7 nitrogen and oxygen atoms in total. The van der Waals surface area contributed by atoms with Gasteiger partial charge in [0.2, 0.25) is 5.91 Å². The second kappa shape index (κ2) is 11.4. The fraction of sp³-hybridized carbons (Fsp3) is 0.429. The lowest BCUT2D eigenvalue weighted by Gasteiger charge is -2.25. The normalized spacial score (nSPS) is 14.7. The quantitative estimate of drug-likeness (QED) is 0.503. The molecule has 7 heteroatoms. The Morgan fingerprint density at radius 1 is 1.14 bits per heavy atom. The van der Waals surface area contributed by atoms with Gasteiger partial charge >= 0.3 is 0 Å². The minimum absolute atomic E-state index is 0.00261. The summed E-state index contributed by atoms with van der Waals surface area (Å²) in [4.78, 5) is 28.7. The summed E-state index contributed by atoms with van der Waals surface area (Å²) in [5, 5.41) is 2.89. The van der Waals surface area contributed by atoms with Crippen molar-refractivity contribution in [2.45, 2.75) is 52.1 Å². The lowest BCUT2D eigenvalue weighted by molar-refractivity contribution is -0.122. The molecule has 2 aromatic heterocycles. The monoisotopic (exact) mass is 476 g/mol. The third kappa shape index (κ3) is 6.22. The largest absolute Gasteiger partial charge is 0.497 e. The third-order valence-electron chi connectivity index (χ3n) is 6.37. The van der Waals surface area contributed by atoms with Gasteiger partial charge in [0.25, 0.3) is 5.56 Å². The van der Waals surface area contributed by atoms with E-state index in [1.165, 1.54) is 32.4 Å². The van der Waals surface area contributed by atoms with Gasteiger partial charge in [-0.05, 0) is 70.0 Å². The number of rotatable bonds is 9. The Balaban J connectivity index is 1.65. The van der Waals surface area contributed by atoms with Crippen LogP contribution in [0.15, 0.2) is 53.6 Å². The molecule has 0 aliphatic carbocycles. The number of benzene rings is 1. The first-order valence-corrected chi connectivity index (χ1v) is 12.5. The number of amides is 1. The molecule has 35 heavy (non-hydrogen) atoms. The highest BCUT2D eigenvalue weighted by molar-refractivity contribution is 5.77. The topological polar surface area (TPSA) is 68.0 Å². The van der Waals surface area contributed by atoms with Crippen molar-refractivity contribution in [1.29, 1.82) is 0 Å². The molecule has 0 saturated carbocycles. The third-order valence-corrected chi connectivity index (χ3v) is 6.37. The molecule has 3 heterocycles. The molecule has 1 saturated heterocycles. The number of hydrogen-bond acceptors (Lipinski definition) is 4. The number of ether oxygens (including phenoxy) is 1. The van der Waals surface area contributed by atoms with E-state index in [1.807, 2.05) is 61.0 Å². The number of carbonyl (C=O) groups is 1. The van der Waals surface area contributed by atoms with Crippen LogP contribution < -0.4 is 15.6 Å². The maximum Gasteiger partial charge on any atom is 0.275 e. The summed E-state index contributed by atoms with van der Waals surface area (Å²) >= 11 is 0. The standard InChI is InChI=1S/C28H36N4O3/c1-21(2)29-27(33)20-32-26(23-11-9-12-24(17-23)35-3)19-31-18-22(16-25(31)28(32)34)10-5-8-15-30-13-6-4-7-14-30/h5,9-12,16-19,21H,4,6-8,13-15,20H2,1-3H3,(H,29,33)/b10-5+. The van der Waals surface area contributed by atoms with Gasteiger partial charge in [0.05, 0.1) is 12.8 Å². The number of hydrogen-bond donors (Lipinski definition) is 1. The van der Waals surface area contributed by atoms with Crippen LogP contribution in [0.1, 0.15) is 45.1 Å². The molecule has 1 aliphatic rings. The summed E-state index contributed by atoms with van der Waals surface area (Å²) in [6, 6.07) is 9.43. The van der Waals surface area contributed by atoms with Crippen molar-refractivity contribution in [2.24, 2.45) is 0 Å². The van der Waals surface area contributed by atoms with Crippen molar-refractivity contribution in [2.75, 3.05) is 26.7 Å². The van der Waals surface area contributed by atoms with Gasteiger partial charge in [-0.15, -0.1) is 0 Å². The Hall–Kier alpha value is -3.32. The lowest BCUT2D eigenvalue weighted by atomic mass is 10.1. The molecule has 0 bridgehead atoms. The van der Waals surface area contributed by atoms with Crippen molar-refractivity contribution in [3.05, 3.63) is 64.7 Å². The first kappa shape index (κ1) is 24.8. The second-order valence-electron chi connectivity index (χ2n) is 9.52. The minimum Gasteiger partial charge on any atom is -0.497 e. The average Bonchev–Trinajstić information content (AvgIpc) is 3.27. The maximum absolute atomic E-state index is 13.5. The van der Waals surface area contributed by atoms with E-state index in [1.54, 1.807) is 11.7 Å². The van der Waals surface area contributed by atoms with Gasteiger partial charge in [-0.3, -0.25) is 14.2 Å². The van der Waals surface area contributed by atoms with Gasteiger partial charge in [-0.25, -0.2) is 0 Å². The molecule has 1 amide bonds. The SMILES string of the molecule is COc1cccc(-c2cn3cc(/C=C/CCN4CCCCC4)cc3c(=O)n2CC(=O)NC(C)C)c1. The van der Waals surface area contributed by atoms with E-state index in [2.05, 4.69) is 22.4 Å². The fourth-order valence-electron chi connectivity index (χ4n) is 4.66. The number of carbonyl (C=O) groups excluding carboxylic acids is 1. The van der Waals surface area contributed by atoms with Crippen LogP contribution in [0.3, 0.4) is 0 Å². The highest BCUT2D eigenvalue weighted by Crippen LogP contribution is 2.24. The summed E-state index contributed by atoms with van der Waals surface area (Å²) in [7, 11) is 1.61. The van der Waals surface area contributed by atoms with Gasteiger partial charge in [0, 0.05) is 30.5 Å². The number of aromatic nitrogens is 2.